The van der Waals surface area contributed by atoms with Crippen molar-refractivity contribution in [2.75, 3.05) is 17.9 Å². The molecule has 1 aromatic heterocycles. The van der Waals surface area contributed by atoms with Gasteiger partial charge in [-0.15, -0.1) is 13.2 Å². The highest BCUT2D eigenvalue weighted by Gasteiger charge is 2.44. The summed E-state index contributed by atoms with van der Waals surface area (Å²) < 4.78 is 107. The van der Waals surface area contributed by atoms with Crippen molar-refractivity contribution in [1.29, 1.82) is 0 Å². The van der Waals surface area contributed by atoms with Gasteiger partial charge in [-0.2, -0.15) is 8.42 Å². The predicted octanol–water partition coefficient (Wildman–Crippen LogP) is 1.88. The van der Waals surface area contributed by atoms with Crippen LogP contribution in [0.15, 0.2) is 32.8 Å². The van der Waals surface area contributed by atoms with Crippen LogP contribution in [0.4, 0.5) is 18.9 Å². The highest BCUT2D eigenvalue weighted by atomic mass is 32.2. The Morgan fingerprint density at radius 1 is 1.21 bits per heavy atom. The lowest BCUT2D eigenvalue weighted by atomic mass is 9.89. The summed E-state index contributed by atoms with van der Waals surface area (Å²) in [6.45, 7) is -0.616. The fourth-order valence-corrected chi connectivity index (χ4v) is 6.19. The molecule has 2 amide bonds. The minimum Gasteiger partial charge on any atom is -0.478 e. The Bertz CT molecular complexity index is 1440. The Morgan fingerprint density at radius 3 is 2.55 bits per heavy atom. The van der Waals surface area contributed by atoms with Crippen LogP contribution >= 0.6 is 0 Å². The van der Waals surface area contributed by atoms with Gasteiger partial charge in [0.15, 0.2) is 18.1 Å². The second-order valence-electron chi connectivity index (χ2n) is 8.47. The minimum atomic E-state index is -5.47. The molecule has 208 valence electrons. The average molecular weight is 583 g/mol. The molecule has 3 N–H and O–H groups in total. The summed E-state index contributed by atoms with van der Waals surface area (Å²) in [6.07, 6.45) is 0.387. The molecule has 0 radical (unpaired) electrons. The smallest absolute Gasteiger partial charge is 0.478 e. The molecule has 18 heteroatoms. The molecule has 2 heterocycles. The van der Waals surface area contributed by atoms with Crippen molar-refractivity contribution >= 4 is 37.5 Å². The number of nitrogens with one attached hydrogen (secondary N) is 3. The Kier molecular flexibility index (Phi) is 7.46. The molecule has 1 aliphatic heterocycles. The number of aromatic nitrogens is 1. The summed E-state index contributed by atoms with van der Waals surface area (Å²) >= 11 is 0. The van der Waals surface area contributed by atoms with E-state index in [1.54, 1.807) is 0 Å². The summed E-state index contributed by atoms with van der Waals surface area (Å²) in [6, 6.07) is 1.47. The van der Waals surface area contributed by atoms with Crippen LogP contribution < -0.4 is 24.2 Å². The molecule has 2 aliphatic rings. The second-order valence-corrected chi connectivity index (χ2v) is 11.7. The molecule has 1 aliphatic carbocycles. The molecule has 0 bridgehead atoms. The number of carbonyl (C=O) groups is 2. The molecule has 0 atom stereocenters. The molecular formula is C20H21F3N4O9S2. The number of rotatable bonds is 9. The largest absolute Gasteiger partial charge is 0.573 e. The van der Waals surface area contributed by atoms with E-state index < -0.39 is 77.6 Å². The Balaban J connectivity index is 1.72. The van der Waals surface area contributed by atoms with Gasteiger partial charge in [0.1, 0.15) is 10.5 Å². The SMILES string of the molecule is O=C(COc1c(NS(=O)(=O)c2ccno2)cc2c(c1OC(F)(F)F)C(=O)NS2(=O)=O)NCC1CCCCC1. The molecule has 0 spiro atoms. The van der Waals surface area contributed by atoms with Crippen LogP contribution in [0.2, 0.25) is 0 Å². The number of fused-ring (bicyclic) bond motifs is 1. The number of amides is 2. The number of ether oxygens (including phenoxy) is 2. The average Bonchev–Trinajstić information content (AvgIpc) is 3.44. The van der Waals surface area contributed by atoms with Gasteiger partial charge in [-0.3, -0.25) is 14.3 Å². The third kappa shape index (κ3) is 6.12. The van der Waals surface area contributed by atoms with E-state index in [4.69, 9.17) is 4.74 Å². The molecule has 38 heavy (non-hydrogen) atoms. The number of alkyl halides is 3. The van der Waals surface area contributed by atoms with Gasteiger partial charge in [0, 0.05) is 12.6 Å². The molecule has 1 saturated carbocycles. The molecule has 1 fully saturated rings. The highest BCUT2D eigenvalue weighted by molar-refractivity contribution is 7.92. The van der Waals surface area contributed by atoms with Crippen molar-refractivity contribution in [3.05, 3.63) is 23.9 Å². The number of halogens is 3. The van der Waals surface area contributed by atoms with E-state index in [1.807, 2.05) is 4.72 Å². The van der Waals surface area contributed by atoms with Gasteiger partial charge in [0.05, 0.1) is 11.9 Å². The Labute approximate surface area is 214 Å². The van der Waals surface area contributed by atoms with Gasteiger partial charge >= 0.3 is 6.36 Å². The zero-order valence-corrected chi connectivity index (χ0v) is 21.0. The van der Waals surface area contributed by atoms with E-state index in [-0.39, 0.29) is 5.92 Å². The van der Waals surface area contributed by atoms with Crippen molar-refractivity contribution in [3.63, 3.8) is 0 Å². The van der Waals surface area contributed by atoms with Crippen molar-refractivity contribution in [1.82, 2.24) is 15.2 Å². The van der Waals surface area contributed by atoms with Gasteiger partial charge in [-0.05, 0) is 24.8 Å². The number of sulfonamides is 2. The third-order valence-corrected chi connectivity index (χ3v) is 8.33. The van der Waals surface area contributed by atoms with Crippen LogP contribution in [0.3, 0.4) is 0 Å². The first-order valence-corrected chi connectivity index (χ1v) is 14.1. The van der Waals surface area contributed by atoms with Gasteiger partial charge < -0.3 is 19.3 Å². The van der Waals surface area contributed by atoms with Crippen molar-refractivity contribution in [2.24, 2.45) is 5.92 Å². The molecular weight excluding hydrogens is 561 g/mol. The lowest BCUT2D eigenvalue weighted by Gasteiger charge is -2.22. The van der Waals surface area contributed by atoms with Crippen LogP contribution in [-0.2, 0) is 24.8 Å². The molecule has 0 unspecified atom stereocenters. The zero-order chi connectivity index (χ0) is 27.7. The summed E-state index contributed by atoms with van der Waals surface area (Å²) in [5.74, 6) is -4.52. The maximum absolute atomic E-state index is 13.3. The lowest BCUT2D eigenvalue weighted by Crippen LogP contribution is -2.34. The van der Waals surface area contributed by atoms with Gasteiger partial charge in [0.25, 0.3) is 37.0 Å². The van der Waals surface area contributed by atoms with Crippen molar-refractivity contribution < 1.29 is 53.6 Å². The van der Waals surface area contributed by atoms with Crippen LogP contribution in [-0.4, -0.2) is 53.3 Å². The molecule has 4 rings (SSSR count). The monoisotopic (exact) mass is 582 g/mol. The normalized spacial score (nSPS) is 17.4. The second kappa shape index (κ2) is 10.3. The molecule has 1 aromatic carbocycles. The van der Waals surface area contributed by atoms with Crippen LogP contribution in [0.5, 0.6) is 11.5 Å². The summed E-state index contributed by atoms with van der Waals surface area (Å²) in [5, 5.41) is 5.04. The van der Waals surface area contributed by atoms with Crippen molar-refractivity contribution in [3.8, 4) is 11.5 Å². The predicted molar refractivity (Wildman–Crippen MR) is 120 cm³/mol. The van der Waals surface area contributed by atoms with E-state index in [0.29, 0.717) is 12.6 Å². The molecule has 13 nitrogen and oxygen atoms in total. The first-order valence-electron chi connectivity index (χ1n) is 11.1. The maximum Gasteiger partial charge on any atom is 0.573 e. The number of benzene rings is 1. The van der Waals surface area contributed by atoms with Gasteiger partial charge in [-0.25, -0.2) is 13.1 Å². The van der Waals surface area contributed by atoms with Crippen LogP contribution in [0.1, 0.15) is 42.5 Å². The van der Waals surface area contributed by atoms with E-state index in [0.717, 1.165) is 44.4 Å². The maximum atomic E-state index is 13.3. The lowest BCUT2D eigenvalue weighted by molar-refractivity contribution is -0.275. The van der Waals surface area contributed by atoms with Crippen molar-refractivity contribution in [2.45, 2.75) is 48.5 Å². The van der Waals surface area contributed by atoms with E-state index in [2.05, 4.69) is 19.7 Å². The minimum absolute atomic E-state index is 0.218. The van der Waals surface area contributed by atoms with Gasteiger partial charge in [0.2, 0.25) is 0 Å². The summed E-state index contributed by atoms with van der Waals surface area (Å²) in [5.41, 5.74) is -1.96. The quantitative estimate of drug-likeness (QED) is 0.395. The van der Waals surface area contributed by atoms with E-state index in [9.17, 15) is 39.6 Å². The molecule has 0 saturated heterocycles. The fraction of sp³-hybridized carbons (Fsp3) is 0.450. The molecule has 2 aromatic rings. The number of hydrogen-bond acceptors (Lipinski definition) is 10. The zero-order valence-electron chi connectivity index (χ0n) is 19.3. The van der Waals surface area contributed by atoms with Gasteiger partial charge in [-0.1, -0.05) is 24.4 Å². The number of carbonyl (C=O) groups excluding carboxylic acids is 2. The third-order valence-electron chi connectivity index (χ3n) is 5.74. The van der Waals surface area contributed by atoms with Crippen LogP contribution in [0, 0.1) is 5.92 Å². The summed E-state index contributed by atoms with van der Waals surface area (Å²) in [7, 11) is -9.37. The Hall–Kier alpha value is -3.54. The standard InChI is InChI=1S/C20H21F3N4O9S2/c21-20(22,23)35-18-16-13(37(30,31)27-19(16)29)8-12(26-38(32,33)15-6-7-25-36-15)17(18)34-10-14(28)24-9-11-4-2-1-3-5-11/h6-8,11,26H,1-5,9-10H2,(H,24,28)(H,27,29). The van der Waals surface area contributed by atoms with E-state index >= 15 is 0 Å². The number of nitrogens with zero attached hydrogens (tertiary/aromatic N) is 1. The van der Waals surface area contributed by atoms with Crippen LogP contribution in [0.25, 0.3) is 0 Å². The number of hydrogen-bond donors (Lipinski definition) is 3. The first kappa shape index (κ1) is 27.5. The summed E-state index contributed by atoms with van der Waals surface area (Å²) in [4.78, 5) is 23.7. The topological polar surface area (TPSA) is 183 Å². The Morgan fingerprint density at radius 2 is 1.92 bits per heavy atom. The fourth-order valence-electron chi connectivity index (χ4n) is 4.08. The highest BCUT2D eigenvalue weighted by Crippen LogP contribution is 2.47. The van der Waals surface area contributed by atoms with E-state index in [1.165, 1.54) is 4.72 Å². The first-order chi connectivity index (χ1) is 17.8. The number of anilines is 1.